The lowest BCUT2D eigenvalue weighted by Gasteiger charge is -2.41. The highest BCUT2D eigenvalue weighted by molar-refractivity contribution is 5.98. The highest BCUT2D eigenvalue weighted by Gasteiger charge is 2.39. The number of aromatic nitrogens is 2. The Morgan fingerprint density at radius 3 is 2.76 bits per heavy atom. The van der Waals surface area contributed by atoms with Gasteiger partial charge in [-0.3, -0.25) is 14.6 Å². The molecule has 1 fully saturated rings. The van der Waals surface area contributed by atoms with Crippen LogP contribution in [0.1, 0.15) is 24.6 Å². The molecule has 3 aromatic rings. The van der Waals surface area contributed by atoms with Gasteiger partial charge in [0.05, 0.1) is 17.1 Å². The molecular formula is C25H25FN6O5. The van der Waals surface area contributed by atoms with Crippen LogP contribution < -0.4 is 15.8 Å². The van der Waals surface area contributed by atoms with Crippen molar-refractivity contribution in [2.45, 2.75) is 32.7 Å². The molecule has 192 valence electrons. The summed E-state index contributed by atoms with van der Waals surface area (Å²) >= 11 is 0. The van der Waals surface area contributed by atoms with E-state index in [0.29, 0.717) is 16.3 Å². The van der Waals surface area contributed by atoms with Gasteiger partial charge in [-0.2, -0.15) is 0 Å². The largest absolute Gasteiger partial charge is 0.450 e. The molecule has 0 unspecified atom stereocenters. The van der Waals surface area contributed by atoms with Crippen molar-refractivity contribution in [2.75, 3.05) is 30.7 Å². The quantitative estimate of drug-likeness (QED) is 0.302. The molecule has 11 nitrogen and oxygen atoms in total. The van der Waals surface area contributed by atoms with Gasteiger partial charge in [-0.1, -0.05) is 0 Å². The van der Waals surface area contributed by atoms with Gasteiger partial charge in [0, 0.05) is 61.5 Å². The normalized spacial score (nSPS) is 14.8. The van der Waals surface area contributed by atoms with E-state index in [4.69, 9.17) is 15.3 Å². The summed E-state index contributed by atoms with van der Waals surface area (Å²) in [7, 11) is 0. The lowest BCUT2D eigenvalue weighted by atomic mass is 9.95. The van der Waals surface area contributed by atoms with Crippen molar-refractivity contribution in [2.24, 2.45) is 0 Å². The second-order valence-corrected chi connectivity index (χ2v) is 9.02. The Morgan fingerprint density at radius 1 is 1.24 bits per heavy atom. The van der Waals surface area contributed by atoms with E-state index < -0.39 is 18.0 Å². The SMILES string of the molecule is CC(=O)N1CC(N(OC=O)C(=O)Oc2cc3cc(-c4cnc5c(c4C)NCCC5)c(F)c(N)c3cn2)C1. The van der Waals surface area contributed by atoms with Crippen molar-refractivity contribution in [3.8, 4) is 17.0 Å². The number of anilines is 2. The number of hydroxylamine groups is 2. The van der Waals surface area contributed by atoms with E-state index in [1.54, 1.807) is 12.3 Å². The first-order chi connectivity index (χ1) is 17.8. The molecule has 3 N–H and O–H groups in total. The monoisotopic (exact) mass is 508 g/mol. The summed E-state index contributed by atoms with van der Waals surface area (Å²) in [5.41, 5.74) is 9.61. The minimum atomic E-state index is -0.983. The number of aryl methyl sites for hydroxylation is 1. The first-order valence-corrected chi connectivity index (χ1v) is 11.8. The fourth-order valence-electron chi connectivity index (χ4n) is 4.67. The third-order valence-electron chi connectivity index (χ3n) is 6.74. The second-order valence-electron chi connectivity index (χ2n) is 9.02. The average molecular weight is 509 g/mol. The summed E-state index contributed by atoms with van der Waals surface area (Å²) in [6, 6.07) is 2.51. The average Bonchev–Trinajstić information content (AvgIpc) is 2.85. The number of ether oxygens (including phenoxy) is 1. The molecule has 12 heteroatoms. The van der Waals surface area contributed by atoms with Crippen LogP contribution in [-0.4, -0.2) is 64.1 Å². The molecule has 37 heavy (non-hydrogen) atoms. The Hall–Kier alpha value is -4.48. The van der Waals surface area contributed by atoms with Crippen LogP contribution in [0.4, 0.5) is 20.6 Å². The number of nitrogen functional groups attached to an aromatic ring is 1. The van der Waals surface area contributed by atoms with Crippen LogP contribution in [0.15, 0.2) is 24.5 Å². The highest BCUT2D eigenvalue weighted by Crippen LogP contribution is 2.38. The summed E-state index contributed by atoms with van der Waals surface area (Å²) in [5, 5.41) is 4.95. The van der Waals surface area contributed by atoms with Gasteiger partial charge < -0.3 is 25.5 Å². The van der Waals surface area contributed by atoms with E-state index in [9.17, 15) is 14.4 Å². The maximum Gasteiger partial charge on any atom is 0.450 e. The van der Waals surface area contributed by atoms with E-state index in [0.717, 1.165) is 41.4 Å². The molecule has 2 amide bonds. The summed E-state index contributed by atoms with van der Waals surface area (Å²) in [6.45, 7) is 4.63. The Morgan fingerprint density at radius 2 is 2.03 bits per heavy atom. The number of nitrogens with one attached hydrogen (secondary N) is 1. The van der Waals surface area contributed by atoms with E-state index >= 15 is 4.39 Å². The number of fused-ring (bicyclic) bond motifs is 2. The van der Waals surface area contributed by atoms with Crippen molar-refractivity contribution in [1.82, 2.24) is 19.9 Å². The number of nitrogens with zero attached hydrogens (tertiary/aromatic N) is 4. The van der Waals surface area contributed by atoms with Crippen LogP contribution >= 0.6 is 0 Å². The standard InChI is InChI=1S/C25H25FN6O5/c1-13-18(8-29-20-4-3-5-28-24(13)20)17-6-15-7-21(30-9-19(15)23(27)22(17)26)37-25(35)32(36-12-33)16-10-31(11-16)14(2)34/h6-9,12,16,28H,3-5,10-11,27H2,1-2H3. The topological polar surface area (TPSA) is 140 Å². The Labute approximate surface area is 211 Å². The van der Waals surface area contributed by atoms with Gasteiger partial charge in [0.1, 0.15) is 6.04 Å². The van der Waals surface area contributed by atoms with Gasteiger partial charge in [0.2, 0.25) is 11.8 Å². The van der Waals surface area contributed by atoms with Gasteiger partial charge in [-0.15, -0.1) is 5.06 Å². The number of pyridine rings is 2. The maximum absolute atomic E-state index is 15.4. The lowest BCUT2D eigenvalue weighted by Crippen LogP contribution is -2.62. The van der Waals surface area contributed by atoms with Crippen LogP contribution in [0.3, 0.4) is 0 Å². The van der Waals surface area contributed by atoms with Gasteiger partial charge >= 0.3 is 12.6 Å². The lowest BCUT2D eigenvalue weighted by molar-refractivity contribution is -0.185. The van der Waals surface area contributed by atoms with E-state index in [-0.39, 0.29) is 42.6 Å². The third-order valence-corrected chi connectivity index (χ3v) is 6.74. The zero-order valence-electron chi connectivity index (χ0n) is 20.3. The van der Waals surface area contributed by atoms with Crippen molar-refractivity contribution >= 4 is 40.6 Å². The molecule has 2 aliphatic heterocycles. The molecule has 0 aliphatic carbocycles. The minimum Gasteiger partial charge on any atom is -0.396 e. The number of hydrogen-bond acceptors (Lipinski definition) is 9. The number of nitrogens with two attached hydrogens (primary N) is 1. The number of benzene rings is 1. The fourth-order valence-corrected chi connectivity index (χ4v) is 4.67. The van der Waals surface area contributed by atoms with E-state index in [1.165, 1.54) is 24.1 Å². The number of halogens is 1. The van der Waals surface area contributed by atoms with Crippen LogP contribution in [0.25, 0.3) is 21.9 Å². The Kier molecular flexibility index (Phi) is 6.24. The molecule has 0 spiro atoms. The van der Waals surface area contributed by atoms with Crippen molar-refractivity contribution < 1.29 is 28.3 Å². The van der Waals surface area contributed by atoms with Gasteiger partial charge in [0.25, 0.3) is 0 Å². The second kappa shape index (κ2) is 9.52. The predicted octanol–water partition coefficient (Wildman–Crippen LogP) is 2.80. The van der Waals surface area contributed by atoms with Crippen molar-refractivity contribution in [3.63, 3.8) is 0 Å². The first kappa shape index (κ1) is 24.2. The van der Waals surface area contributed by atoms with Gasteiger partial charge in [-0.25, -0.2) is 14.2 Å². The number of carbonyl (C=O) groups is 3. The number of hydrogen-bond donors (Lipinski definition) is 2. The molecule has 1 aromatic carbocycles. The molecule has 5 rings (SSSR count). The molecule has 0 radical (unpaired) electrons. The zero-order valence-corrected chi connectivity index (χ0v) is 20.3. The maximum atomic E-state index is 15.4. The molecule has 2 aromatic heterocycles. The Bertz CT molecular complexity index is 1420. The molecule has 0 saturated carbocycles. The van der Waals surface area contributed by atoms with E-state index in [1.807, 2.05) is 6.92 Å². The number of amides is 2. The molecule has 2 aliphatic rings. The molecule has 1 saturated heterocycles. The molecular weight excluding hydrogens is 483 g/mol. The molecule has 0 atom stereocenters. The predicted molar refractivity (Wildman–Crippen MR) is 132 cm³/mol. The number of carbonyl (C=O) groups excluding carboxylic acids is 3. The summed E-state index contributed by atoms with van der Waals surface area (Å²) in [4.78, 5) is 50.0. The van der Waals surface area contributed by atoms with Gasteiger partial charge in [-0.05, 0) is 36.8 Å². The number of rotatable bonds is 5. The van der Waals surface area contributed by atoms with Crippen LogP contribution in [0, 0.1) is 12.7 Å². The number of likely N-dealkylation sites (tertiary alicyclic amines) is 1. The fraction of sp³-hybridized carbons (Fsp3) is 0.320. The van der Waals surface area contributed by atoms with Crippen LogP contribution in [0.5, 0.6) is 5.88 Å². The zero-order chi connectivity index (χ0) is 26.3. The highest BCUT2D eigenvalue weighted by atomic mass is 19.1. The van der Waals surface area contributed by atoms with Gasteiger partial charge in [0.15, 0.2) is 5.82 Å². The molecule has 0 bridgehead atoms. The molecule has 4 heterocycles. The first-order valence-electron chi connectivity index (χ1n) is 11.8. The van der Waals surface area contributed by atoms with E-state index in [2.05, 4.69) is 15.3 Å². The third kappa shape index (κ3) is 4.34. The summed E-state index contributed by atoms with van der Waals surface area (Å²) in [6.07, 6.45) is 3.80. The van der Waals surface area contributed by atoms with Crippen LogP contribution in [-0.2, 0) is 20.8 Å². The van der Waals surface area contributed by atoms with Crippen LogP contribution in [0.2, 0.25) is 0 Å². The summed E-state index contributed by atoms with van der Waals surface area (Å²) < 4.78 is 20.7. The minimum absolute atomic E-state index is 0.0901. The smallest absolute Gasteiger partial charge is 0.396 e. The Balaban J connectivity index is 1.45. The van der Waals surface area contributed by atoms with Crippen molar-refractivity contribution in [1.29, 1.82) is 0 Å². The summed E-state index contributed by atoms with van der Waals surface area (Å²) in [5.74, 6) is -0.850. The van der Waals surface area contributed by atoms with Crippen molar-refractivity contribution in [3.05, 3.63) is 41.6 Å².